The molecule has 1 aliphatic carbocycles. The Labute approximate surface area is 97.3 Å². The fourth-order valence-corrected chi connectivity index (χ4v) is 2.08. The predicted molar refractivity (Wildman–Crippen MR) is 64.5 cm³/mol. The Morgan fingerprint density at radius 3 is 2.75 bits per heavy atom. The molecule has 0 amide bonds. The largest absolute Gasteiger partial charge is 0.493 e. The van der Waals surface area contributed by atoms with Crippen LogP contribution < -0.4 is 4.74 Å². The Balaban J connectivity index is 2.11. The zero-order valence-corrected chi connectivity index (χ0v) is 9.86. The Hall–Kier alpha value is -1.02. The topological polar surface area (TPSA) is 29.5 Å². The van der Waals surface area contributed by atoms with Gasteiger partial charge in [-0.05, 0) is 31.2 Å². The molecule has 1 saturated carbocycles. The number of hydrogen-bond acceptors (Lipinski definition) is 2. The molecule has 1 atom stereocenters. The summed E-state index contributed by atoms with van der Waals surface area (Å²) in [7, 11) is 0. The van der Waals surface area contributed by atoms with E-state index in [1.807, 2.05) is 24.3 Å². The second-order valence-electron chi connectivity index (χ2n) is 4.52. The van der Waals surface area contributed by atoms with Crippen LogP contribution in [0.25, 0.3) is 0 Å². The molecular weight excluding hydrogens is 200 g/mol. The van der Waals surface area contributed by atoms with Crippen molar-refractivity contribution in [2.45, 2.75) is 38.7 Å². The second-order valence-corrected chi connectivity index (χ2v) is 4.52. The standard InChI is InChI=1S/C14H20O2/c1-2-10-16-13-9-4-3-8-12(13)14(15)11-6-5-7-11/h3-4,8-9,11,14-15H,2,5-7,10H2,1H3. The maximum atomic E-state index is 10.2. The second kappa shape index (κ2) is 5.35. The Morgan fingerprint density at radius 1 is 1.38 bits per heavy atom. The lowest BCUT2D eigenvalue weighted by molar-refractivity contribution is 0.0594. The van der Waals surface area contributed by atoms with Crippen molar-refractivity contribution >= 4 is 0 Å². The van der Waals surface area contributed by atoms with Crippen LogP contribution in [0.15, 0.2) is 24.3 Å². The maximum absolute atomic E-state index is 10.2. The zero-order chi connectivity index (χ0) is 11.4. The third-order valence-corrected chi connectivity index (χ3v) is 3.30. The van der Waals surface area contributed by atoms with Crippen LogP contribution in [0.1, 0.15) is 44.3 Å². The SMILES string of the molecule is CCCOc1ccccc1C(O)C1CCC1. The highest BCUT2D eigenvalue weighted by Crippen LogP contribution is 2.40. The van der Waals surface area contributed by atoms with Gasteiger partial charge in [-0.15, -0.1) is 0 Å². The average Bonchev–Trinajstić information content (AvgIpc) is 2.24. The van der Waals surface area contributed by atoms with Crippen molar-refractivity contribution in [3.63, 3.8) is 0 Å². The number of rotatable bonds is 5. The monoisotopic (exact) mass is 220 g/mol. The first-order chi connectivity index (χ1) is 7.83. The van der Waals surface area contributed by atoms with Gasteiger partial charge in [0.25, 0.3) is 0 Å². The van der Waals surface area contributed by atoms with Gasteiger partial charge in [0.05, 0.1) is 12.7 Å². The van der Waals surface area contributed by atoms with E-state index in [2.05, 4.69) is 6.92 Å². The lowest BCUT2D eigenvalue weighted by atomic mass is 9.78. The molecule has 1 fully saturated rings. The fourth-order valence-electron chi connectivity index (χ4n) is 2.08. The van der Waals surface area contributed by atoms with E-state index in [9.17, 15) is 5.11 Å². The molecule has 0 radical (unpaired) electrons. The van der Waals surface area contributed by atoms with Gasteiger partial charge in [-0.25, -0.2) is 0 Å². The van der Waals surface area contributed by atoms with Crippen LogP contribution in [0.5, 0.6) is 5.75 Å². The number of aliphatic hydroxyl groups excluding tert-OH is 1. The highest BCUT2D eigenvalue weighted by molar-refractivity contribution is 5.35. The molecule has 0 aliphatic heterocycles. The lowest BCUT2D eigenvalue weighted by Gasteiger charge is -2.31. The Bertz CT molecular complexity index is 331. The molecule has 16 heavy (non-hydrogen) atoms. The molecule has 2 heteroatoms. The molecule has 1 aromatic carbocycles. The Kier molecular flexibility index (Phi) is 3.83. The van der Waals surface area contributed by atoms with E-state index in [-0.39, 0.29) is 6.10 Å². The van der Waals surface area contributed by atoms with Crippen molar-refractivity contribution in [3.8, 4) is 5.75 Å². The summed E-state index contributed by atoms with van der Waals surface area (Å²) >= 11 is 0. The molecule has 0 saturated heterocycles. The normalized spacial score (nSPS) is 17.9. The summed E-state index contributed by atoms with van der Waals surface area (Å²) in [4.78, 5) is 0. The molecule has 0 heterocycles. The highest BCUT2D eigenvalue weighted by atomic mass is 16.5. The number of aliphatic hydroxyl groups is 1. The number of hydrogen-bond donors (Lipinski definition) is 1. The van der Waals surface area contributed by atoms with Gasteiger partial charge in [0.1, 0.15) is 5.75 Å². The fraction of sp³-hybridized carbons (Fsp3) is 0.571. The molecule has 1 aromatic rings. The summed E-state index contributed by atoms with van der Waals surface area (Å²) in [6, 6.07) is 7.86. The number of benzene rings is 1. The summed E-state index contributed by atoms with van der Waals surface area (Å²) in [5.41, 5.74) is 0.959. The molecule has 0 bridgehead atoms. The first-order valence-electron chi connectivity index (χ1n) is 6.22. The Morgan fingerprint density at radius 2 is 2.12 bits per heavy atom. The van der Waals surface area contributed by atoms with Crippen LogP contribution in [0.2, 0.25) is 0 Å². The smallest absolute Gasteiger partial charge is 0.125 e. The predicted octanol–water partition coefficient (Wildman–Crippen LogP) is 3.31. The quantitative estimate of drug-likeness (QED) is 0.825. The van der Waals surface area contributed by atoms with Crippen LogP contribution in [-0.2, 0) is 0 Å². The van der Waals surface area contributed by atoms with Gasteiger partial charge >= 0.3 is 0 Å². The van der Waals surface area contributed by atoms with Gasteiger partial charge < -0.3 is 9.84 Å². The van der Waals surface area contributed by atoms with Gasteiger partial charge in [-0.3, -0.25) is 0 Å². The van der Waals surface area contributed by atoms with E-state index in [1.165, 1.54) is 6.42 Å². The maximum Gasteiger partial charge on any atom is 0.125 e. The minimum absolute atomic E-state index is 0.346. The summed E-state index contributed by atoms with van der Waals surface area (Å²) in [6.45, 7) is 2.80. The van der Waals surface area contributed by atoms with Crippen molar-refractivity contribution in [3.05, 3.63) is 29.8 Å². The van der Waals surface area contributed by atoms with Gasteiger partial charge in [0, 0.05) is 5.56 Å². The molecule has 2 rings (SSSR count). The highest BCUT2D eigenvalue weighted by Gasteiger charge is 2.28. The van der Waals surface area contributed by atoms with Crippen LogP contribution in [0.4, 0.5) is 0 Å². The first kappa shape index (κ1) is 11.5. The minimum Gasteiger partial charge on any atom is -0.493 e. The zero-order valence-electron chi connectivity index (χ0n) is 9.86. The van der Waals surface area contributed by atoms with Gasteiger partial charge in [-0.1, -0.05) is 31.5 Å². The number of ether oxygens (including phenoxy) is 1. The molecule has 1 unspecified atom stereocenters. The van der Waals surface area contributed by atoms with Gasteiger partial charge in [0.2, 0.25) is 0 Å². The van der Waals surface area contributed by atoms with Crippen LogP contribution in [-0.4, -0.2) is 11.7 Å². The van der Waals surface area contributed by atoms with Gasteiger partial charge in [0.15, 0.2) is 0 Å². The van der Waals surface area contributed by atoms with Crippen molar-refractivity contribution in [1.82, 2.24) is 0 Å². The van der Waals surface area contributed by atoms with E-state index >= 15 is 0 Å². The molecular formula is C14H20O2. The summed E-state index contributed by atoms with van der Waals surface area (Å²) in [5, 5.41) is 10.2. The van der Waals surface area contributed by atoms with E-state index in [4.69, 9.17) is 4.74 Å². The van der Waals surface area contributed by atoms with Crippen molar-refractivity contribution < 1.29 is 9.84 Å². The lowest BCUT2D eigenvalue weighted by Crippen LogP contribution is -2.20. The molecule has 0 spiro atoms. The van der Waals surface area contributed by atoms with Crippen LogP contribution in [0, 0.1) is 5.92 Å². The van der Waals surface area contributed by atoms with Crippen molar-refractivity contribution in [1.29, 1.82) is 0 Å². The summed E-state index contributed by atoms with van der Waals surface area (Å²) < 4.78 is 5.67. The van der Waals surface area contributed by atoms with Gasteiger partial charge in [-0.2, -0.15) is 0 Å². The van der Waals surface area contributed by atoms with Crippen molar-refractivity contribution in [2.24, 2.45) is 5.92 Å². The molecule has 0 aromatic heterocycles. The average molecular weight is 220 g/mol. The van der Waals surface area contributed by atoms with E-state index in [0.717, 1.165) is 30.6 Å². The summed E-state index contributed by atoms with van der Waals surface area (Å²) in [5.74, 6) is 1.29. The number of para-hydroxylation sites is 1. The first-order valence-corrected chi connectivity index (χ1v) is 6.22. The molecule has 1 aliphatic rings. The van der Waals surface area contributed by atoms with E-state index < -0.39 is 0 Å². The molecule has 88 valence electrons. The summed E-state index contributed by atoms with van der Waals surface area (Å²) in [6.07, 6.45) is 4.18. The molecule has 1 N–H and O–H groups in total. The van der Waals surface area contributed by atoms with Crippen molar-refractivity contribution in [2.75, 3.05) is 6.61 Å². The third kappa shape index (κ3) is 2.38. The van der Waals surface area contributed by atoms with Crippen LogP contribution >= 0.6 is 0 Å². The van der Waals surface area contributed by atoms with E-state index in [0.29, 0.717) is 12.5 Å². The van der Waals surface area contributed by atoms with Crippen LogP contribution in [0.3, 0.4) is 0 Å². The molecule has 2 nitrogen and oxygen atoms in total. The van der Waals surface area contributed by atoms with E-state index in [1.54, 1.807) is 0 Å². The minimum atomic E-state index is -0.346. The third-order valence-electron chi connectivity index (χ3n) is 3.30.